The summed E-state index contributed by atoms with van der Waals surface area (Å²) in [5.41, 5.74) is -0.868. The van der Waals surface area contributed by atoms with Gasteiger partial charge in [0.05, 0.1) is 17.5 Å². The van der Waals surface area contributed by atoms with Crippen molar-refractivity contribution >= 4 is 23.2 Å². The van der Waals surface area contributed by atoms with Gasteiger partial charge in [-0.1, -0.05) is 11.6 Å². The van der Waals surface area contributed by atoms with Crippen LogP contribution in [0.5, 0.6) is 0 Å². The van der Waals surface area contributed by atoms with Gasteiger partial charge in [-0.05, 0) is 18.2 Å². The van der Waals surface area contributed by atoms with E-state index in [9.17, 15) is 18.3 Å². The Hall–Kier alpha value is -0.450. The molecule has 1 atom stereocenters. The normalized spacial score (nSPS) is 14.0. The average molecular weight is 259 g/mol. The van der Waals surface area contributed by atoms with Gasteiger partial charge in [-0.2, -0.15) is 13.2 Å². The van der Waals surface area contributed by atoms with Crippen molar-refractivity contribution in [3.8, 4) is 0 Å². The van der Waals surface area contributed by atoms with Crippen LogP contribution in [0.1, 0.15) is 17.2 Å². The Labute approximate surface area is 94.4 Å². The van der Waals surface area contributed by atoms with Crippen LogP contribution in [0.25, 0.3) is 0 Å². The smallest absolute Gasteiger partial charge is 0.387 e. The first-order valence-electron chi connectivity index (χ1n) is 3.97. The SMILES string of the molecule is OC(CCl)c1cc(C(F)(F)F)ccc1Cl. The lowest BCUT2D eigenvalue weighted by molar-refractivity contribution is -0.137. The maximum absolute atomic E-state index is 12.3. The van der Waals surface area contributed by atoms with Crippen molar-refractivity contribution in [1.82, 2.24) is 0 Å². The molecule has 0 aliphatic rings. The summed E-state index contributed by atoms with van der Waals surface area (Å²) in [6.45, 7) is 0. The van der Waals surface area contributed by atoms with E-state index in [2.05, 4.69) is 0 Å². The fourth-order valence-corrected chi connectivity index (χ4v) is 1.47. The summed E-state index contributed by atoms with van der Waals surface area (Å²) in [7, 11) is 0. The Balaban J connectivity index is 3.17. The van der Waals surface area contributed by atoms with Gasteiger partial charge < -0.3 is 5.11 Å². The first kappa shape index (κ1) is 12.6. The van der Waals surface area contributed by atoms with Gasteiger partial charge in [-0.25, -0.2) is 0 Å². The molecule has 84 valence electrons. The standard InChI is InChI=1S/C9H7Cl2F3O/c10-4-8(15)6-3-5(9(12,13)14)1-2-7(6)11/h1-3,8,15H,4H2. The molecule has 1 N–H and O–H groups in total. The van der Waals surface area contributed by atoms with Crippen LogP contribution in [-0.2, 0) is 6.18 Å². The van der Waals surface area contributed by atoms with Gasteiger partial charge in [0.15, 0.2) is 0 Å². The average Bonchev–Trinajstić information content (AvgIpc) is 2.15. The molecule has 0 aromatic heterocycles. The molecule has 1 nitrogen and oxygen atoms in total. The lowest BCUT2D eigenvalue weighted by atomic mass is 10.1. The van der Waals surface area contributed by atoms with Gasteiger partial charge in [0.1, 0.15) is 0 Å². The van der Waals surface area contributed by atoms with E-state index >= 15 is 0 Å². The third-order valence-corrected chi connectivity index (χ3v) is 2.47. The maximum atomic E-state index is 12.3. The zero-order valence-corrected chi connectivity index (χ0v) is 8.87. The molecule has 0 bridgehead atoms. The molecule has 6 heteroatoms. The van der Waals surface area contributed by atoms with Crippen LogP contribution < -0.4 is 0 Å². The Morgan fingerprint density at radius 2 is 1.93 bits per heavy atom. The molecule has 0 amide bonds. The lowest BCUT2D eigenvalue weighted by Crippen LogP contribution is -2.08. The van der Waals surface area contributed by atoms with Crippen molar-refractivity contribution in [1.29, 1.82) is 0 Å². The van der Waals surface area contributed by atoms with Gasteiger partial charge in [-0.3, -0.25) is 0 Å². The third-order valence-electron chi connectivity index (χ3n) is 1.83. The Bertz CT molecular complexity index is 352. The monoisotopic (exact) mass is 258 g/mol. The topological polar surface area (TPSA) is 20.2 Å². The molecule has 0 fully saturated rings. The molecule has 0 saturated carbocycles. The predicted molar refractivity (Wildman–Crippen MR) is 52.1 cm³/mol. The van der Waals surface area contributed by atoms with E-state index in [-0.39, 0.29) is 16.5 Å². The lowest BCUT2D eigenvalue weighted by Gasteiger charge is -2.13. The van der Waals surface area contributed by atoms with Crippen LogP contribution >= 0.6 is 23.2 Å². The van der Waals surface area contributed by atoms with Crippen molar-refractivity contribution < 1.29 is 18.3 Å². The number of halogens is 5. The minimum atomic E-state index is -4.45. The molecule has 15 heavy (non-hydrogen) atoms. The highest BCUT2D eigenvalue weighted by Crippen LogP contribution is 2.33. The highest BCUT2D eigenvalue weighted by atomic mass is 35.5. The molecular weight excluding hydrogens is 252 g/mol. The van der Waals surface area contributed by atoms with Gasteiger partial charge in [0.2, 0.25) is 0 Å². The molecule has 0 spiro atoms. The molecular formula is C9H7Cl2F3O. The van der Waals surface area contributed by atoms with Crippen LogP contribution in [0.3, 0.4) is 0 Å². The summed E-state index contributed by atoms with van der Waals surface area (Å²) in [4.78, 5) is 0. The molecule has 1 aromatic carbocycles. The fourth-order valence-electron chi connectivity index (χ4n) is 1.06. The Morgan fingerprint density at radius 1 is 1.33 bits per heavy atom. The summed E-state index contributed by atoms with van der Waals surface area (Å²) in [5, 5.41) is 9.38. The van der Waals surface area contributed by atoms with Crippen molar-refractivity contribution in [2.75, 3.05) is 5.88 Å². The highest BCUT2D eigenvalue weighted by molar-refractivity contribution is 6.31. The molecule has 0 aliphatic carbocycles. The molecule has 1 unspecified atom stereocenters. The van der Waals surface area contributed by atoms with Gasteiger partial charge in [-0.15, -0.1) is 11.6 Å². The van der Waals surface area contributed by atoms with E-state index < -0.39 is 17.8 Å². The minimum Gasteiger partial charge on any atom is -0.387 e. The van der Waals surface area contributed by atoms with E-state index in [1.807, 2.05) is 0 Å². The fraction of sp³-hybridized carbons (Fsp3) is 0.333. The zero-order valence-electron chi connectivity index (χ0n) is 7.35. The summed E-state index contributed by atoms with van der Waals surface area (Å²) in [5.74, 6) is -0.207. The number of benzene rings is 1. The number of hydrogen-bond donors (Lipinski definition) is 1. The van der Waals surface area contributed by atoms with E-state index in [0.717, 1.165) is 18.2 Å². The first-order valence-corrected chi connectivity index (χ1v) is 4.88. The van der Waals surface area contributed by atoms with Gasteiger partial charge in [0.25, 0.3) is 0 Å². The summed E-state index contributed by atoms with van der Waals surface area (Å²) >= 11 is 11.0. The molecule has 0 radical (unpaired) electrons. The van der Waals surface area contributed by atoms with Gasteiger partial charge >= 0.3 is 6.18 Å². The summed E-state index contributed by atoms with van der Waals surface area (Å²) < 4.78 is 36.9. The minimum absolute atomic E-state index is 0.0125. The Kier molecular flexibility index (Phi) is 3.87. The van der Waals surface area contributed by atoms with Crippen molar-refractivity contribution in [3.05, 3.63) is 34.3 Å². The molecule has 1 rings (SSSR count). The first-order chi connectivity index (χ1) is 6.86. The van der Waals surface area contributed by atoms with E-state index in [1.165, 1.54) is 0 Å². The van der Waals surface area contributed by atoms with Crippen LogP contribution in [0.2, 0.25) is 5.02 Å². The van der Waals surface area contributed by atoms with E-state index in [0.29, 0.717) is 0 Å². The molecule has 0 saturated heterocycles. The van der Waals surface area contributed by atoms with Crippen molar-refractivity contribution in [2.24, 2.45) is 0 Å². The number of hydrogen-bond acceptors (Lipinski definition) is 1. The van der Waals surface area contributed by atoms with Crippen LogP contribution in [0.15, 0.2) is 18.2 Å². The number of aliphatic hydroxyl groups is 1. The zero-order chi connectivity index (χ0) is 11.6. The largest absolute Gasteiger partial charge is 0.416 e. The molecule has 1 aromatic rings. The quantitative estimate of drug-likeness (QED) is 0.804. The Morgan fingerprint density at radius 3 is 2.40 bits per heavy atom. The van der Waals surface area contributed by atoms with Gasteiger partial charge in [0, 0.05) is 10.6 Å². The number of aliphatic hydroxyl groups excluding tert-OH is 1. The van der Waals surface area contributed by atoms with E-state index in [1.54, 1.807) is 0 Å². The van der Waals surface area contributed by atoms with Crippen molar-refractivity contribution in [3.63, 3.8) is 0 Å². The maximum Gasteiger partial charge on any atom is 0.416 e. The second kappa shape index (κ2) is 4.60. The molecule has 0 heterocycles. The van der Waals surface area contributed by atoms with Crippen molar-refractivity contribution in [2.45, 2.75) is 12.3 Å². The summed E-state index contributed by atoms with van der Waals surface area (Å²) in [6, 6.07) is 2.75. The summed E-state index contributed by atoms with van der Waals surface area (Å²) in [6.07, 6.45) is -5.65. The highest BCUT2D eigenvalue weighted by Gasteiger charge is 2.31. The number of rotatable bonds is 2. The van der Waals surface area contributed by atoms with Crippen LogP contribution in [-0.4, -0.2) is 11.0 Å². The van der Waals surface area contributed by atoms with E-state index in [4.69, 9.17) is 23.2 Å². The second-order valence-electron chi connectivity index (χ2n) is 2.90. The second-order valence-corrected chi connectivity index (χ2v) is 3.62. The van der Waals surface area contributed by atoms with Crippen LogP contribution in [0, 0.1) is 0 Å². The third kappa shape index (κ3) is 3.00. The predicted octanol–water partition coefficient (Wildman–Crippen LogP) is 3.63. The molecule has 0 aliphatic heterocycles. The van der Waals surface area contributed by atoms with Crippen LogP contribution in [0.4, 0.5) is 13.2 Å². The number of alkyl halides is 4.